The van der Waals surface area contributed by atoms with E-state index >= 15 is 0 Å². The molecular weight excluding hydrogens is 290 g/mol. The second kappa shape index (κ2) is 8.10. The van der Waals surface area contributed by atoms with Crippen molar-refractivity contribution >= 4 is 29.0 Å². The number of unbranched alkanes of at least 4 members (excludes halogenated alkanes) is 1. The summed E-state index contributed by atoms with van der Waals surface area (Å²) in [6.45, 7) is 5.79. The minimum atomic E-state index is -0.194. The fourth-order valence-corrected chi connectivity index (χ4v) is 2.41. The molecule has 0 bridgehead atoms. The highest BCUT2D eigenvalue weighted by Crippen LogP contribution is 2.29. The summed E-state index contributed by atoms with van der Waals surface area (Å²) in [5.74, 6) is 0. The van der Waals surface area contributed by atoms with Crippen LogP contribution in [0.5, 0.6) is 0 Å². The second-order valence-corrected chi connectivity index (χ2v) is 5.43. The van der Waals surface area contributed by atoms with Gasteiger partial charge >= 0.3 is 6.03 Å². The average molecular weight is 312 g/mol. The van der Waals surface area contributed by atoms with Crippen molar-refractivity contribution in [2.75, 3.05) is 43.1 Å². The number of benzene rings is 1. The Morgan fingerprint density at radius 1 is 1.38 bits per heavy atom. The number of hydrogen-bond donors (Lipinski definition) is 2. The van der Waals surface area contributed by atoms with Gasteiger partial charge < -0.3 is 20.3 Å². The number of amides is 2. The molecule has 2 N–H and O–H groups in total. The quantitative estimate of drug-likeness (QED) is 0.822. The number of carbonyl (C=O) groups is 1. The van der Waals surface area contributed by atoms with Crippen LogP contribution in [0.2, 0.25) is 5.02 Å². The van der Waals surface area contributed by atoms with Crippen LogP contribution in [0.3, 0.4) is 0 Å². The first-order valence-electron chi connectivity index (χ1n) is 7.38. The number of nitrogens with one attached hydrogen (secondary N) is 2. The van der Waals surface area contributed by atoms with E-state index < -0.39 is 0 Å². The fraction of sp³-hybridized carbons (Fsp3) is 0.533. The summed E-state index contributed by atoms with van der Waals surface area (Å²) in [5, 5.41) is 6.34. The van der Waals surface area contributed by atoms with Gasteiger partial charge in [-0.15, -0.1) is 0 Å². The van der Waals surface area contributed by atoms with Crippen LogP contribution in [0.25, 0.3) is 0 Å². The van der Waals surface area contributed by atoms with Crippen molar-refractivity contribution in [1.82, 2.24) is 5.32 Å². The lowest BCUT2D eigenvalue weighted by molar-refractivity contribution is 0.123. The molecule has 0 spiro atoms. The van der Waals surface area contributed by atoms with Crippen molar-refractivity contribution < 1.29 is 9.53 Å². The summed E-state index contributed by atoms with van der Waals surface area (Å²) in [7, 11) is 0. The van der Waals surface area contributed by atoms with Crippen molar-refractivity contribution in [2.45, 2.75) is 19.8 Å². The van der Waals surface area contributed by atoms with Crippen LogP contribution in [-0.4, -0.2) is 38.9 Å². The van der Waals surface area contributed by atoms with Gasteiger partial charge in [-0.05, 0) is 24.6 Å². The maximum absolute atomic E-state index is 11.9. The van der Waals surface area contributed by atoms with Crippen LogP contribution in [0, 0.1) is 0 Å². The van der Waals surface area contributed by atoms with E-state index in [9.17, 15) is 4.79 Å². The number of nitrogens with zero attached hydrogens (tertiary/aromatic N) is 1. The molecule has 0 aliphatic carbocycles. The van der Waals surface area contributed by atoms with Crippen LogP contribution < -0.4 is 15.5 Å². The van der Waals surface area contributed by atoms with E-state index in [4.69, 9.17) is 16.3 Å². The normalized spacial score (nSPS) is 14.9. The molecule has 0 unspecified atom stereocenters. The molecule has 0 saturated carbocycles. The largest absolute Gasteiger partial charge is 0.378 e. The van der Waals surface area contributed by atoms with Gasteiger partial charge in [-0.3, -0.25) is 0 Å². The summed E-state index contributed by atoms with van der Waals surface area (Å²) in [4.78, 5) is 14.1. The first kappa shape index (κ1) is 15.9. The van der Waals surface area contributed by atoms with Gasteiger partial charge in [0.2, 0.25) is 0 Å². The van der Waals surface area contributed by atoms with E-state index in [0.29, 0.717) is 24.8 Å². The molecular formula is C15H22ClN3O2. The topological polar surface area (TPSA) is 53.6 Å². The van der Waals surface area contributed by atoms with Crippen LogP contribution in [-0.2, 0) is 4.74 Å². The number of urea groups is 1. The number of carbonyl (C=O) groups excluding carboxylic acids is 1. The summed E-state index contributed by atoms with van der Waals surface area (Å²) < 4.78 is 5.36. The standard InChI is InChI=1S/C15H22ClN3O2/c1-2-3-6-17-15(20)18-13-11-12(16)4-5-14(13)19-7-9-21-10-8-19/h4-5,11H,2-3,6-10H2,1H3,(H2,17,18,20). The van der Waals surface area contributed by atoms with Gasteiger partial charge in [0.05, 0.1) is 24.6 Å². The van der Waals surface area contributed by atoms with E-state index in [1.165, 1.54) is 0 Å². The van der Waals surface area contributed by atoms with Crippen LogP contribution in [0.15, 0.2) is 18.2 Å². The number of morpholine rings is 1. The van der Waals surface area contributed by atoms with Gasteiger partial charge in [-0.2, -0.15) is 0 Å². The predicted molar refractivity (Wildman–Crippen MR) is 86.4 cm³/mol. The van der Waals surface area contributed by atoms with E-state index in [1.807, 2.05) is 12.1 Å². The number of hydrogen-bond acceptors (Lipinski definition) is 3. The van der Waals surface area contributed by atoms with E-state index in [-0.39, 0.29) is 6.03 Å². The fourth-order valence-electron chi connectivity index (χ4n) is 2.23. The molecule has 0 aromatic heterocycles. The highest BCUT2D eigenvalue weighted by atomic mass is 35.5. The third kappa shape index (κ3) is 4.79. The summed E-state index contributed by atoms with van der Waals surface area (Å²) >= 11 is 6.05. The molecule has 0 atom stereocenters. The minimum Gasteiger partial charge on any atom is -0.378 e. The molecule has 1 saturated heterocycles. The van der Waals surface area contributed by atoms with E-state index in [0.717, 1.165) is 37.3 Å². The van der Waals surface area contributed by atoms with E-state index in [1.54, 1.807) is 6.07 Å². The molecule has 1 aliphatic heterocycles. The van der Waals surface area contributed by atoms with Crippen molar-refractivity contribution in [3.63, 3.8) is 0 Å². The zero-order chi connectivity index (χ0) is 15.1. The molecule has 116 valence electrons. The molecule has 6 heteroatoms. The molecule has 1 fully saturated rings. The SMILES string of the molecule is CCCCNC(=O)Nc1cc(Cl)ccc1N1CCOCC1. The lowest BCUT2D eigenvalue weighted by Gasteiger charge is -2.30. The number of rotatable bonds is 5. The van der Waals surface area contributed by atoms with Gasteiger partial charge in [-0.1, -0.05) is 24.9 Å². The Labute approximate surface area is 130 Å². The number of halogens is 1. The van der Waals surface area contributed by atoms with Crippen molar-refractivity contribution in [1.29, 1.82) is 0 Å². The number of anilines is 2. The Morgan fingerprint density at radius 2 is 2.14 bits per heavy atom. The molecule has 21 heavy (non-hydrogen) atoms. The Morgan fingerprint density at radius 3 is 2.86 bits per heavy atom. The van der Waals surface area contributed by atoms with Crippen molar-refractivity contribution in [2.24, 2.45) is 0 Å². The zero-order valence-corrected chi connectivity index (χ0v) is 13.1. The highest BCUT2D eigenvalue weighted by Gasteiger charge is 2.16. The summed E-state index contributed by atoms with van der Waals surface area (Å²) in [6, 6.07) is 5.37. The van der Waals surface area contributed by atoms with Crippen molar-refractivity contribution in [3.05, 3.63) is 23.2 Å². The van der Waals surface area contributed by atoms with Crippen LogP contribution >= 0.6 is 11.6 Å². The molecule has 1 aromatic carbocycles. The van der Waals surface area contributed by atoms with Gasteiger partial charge in [-0.25, -0.2) is 4.79 Å². The molecule has 2 rings (SSSR count). The van der Waals surface area contributed by atoms with Gasteiger partial charge in [0.1, 0.15) is 0 Å². The van der Waals surface area contributed by atoms with Crippen LogP contribution in [0.4, 0.5) is 16.2 Å². The first-order valence-corrected chi connectivity index (χ1v) is 7.75. The highest BCUT2D eigenvalue weighted by molar-refractivity contribution is 6.31. The Bertz CT molecular complexity index is 476. The number of ether oxygens (including phenoxy) is 1. The smallest absolute Gasteiger partial charge is 0.319 e. The summed E-state index contributed by atoms with van der Waals surface area (Å²) in [6.07, 6.45) is 2.02. The average Bonchev–Trinajstić information content (AvgIpc) is 2.48. The predicted octanol–water partition coefficient (Wildman–Crippen LogP) is 3.10. The van der Waals surface area contributed by atoms with E-state index in [2.05, 4.69) is 22.5 Å². The lowest BCUT2D eigenvalue weighted by atomic mass is 10.2. The molecule has 1 heterocycles. The minimum absolute atomic E-state index is 0.194. The van der Waals surface area contributed by atoms with Gasteiger partial charge in [0, 0.05) is 24.7 Å². The molecule has 1 aliphatic rings. The maximum Gasteiger partial charge on any atom is 0.319 e. The molecule has 0 radical (unpaired) electrons. The van der Waals surface area contributed by atoms with Gasteiger partial charge in [0.15, 0.2) is 0 Å². The molecule has 1 aromatic rings. The Balaban J connectivity index is 2.05. The monoisotopic (exact) mass is 311 g/mol. The second-order valence-electron chi connectivity index (χ2n) is 5.00. The third-order valence-corrected chi connectivity index (χ3v) is 3.61. The third-order valence-electron chi connectivity index (χ3n) is 3.37. The van der Waals surface area contributed by atoms with Crippen LogP contribution in [0.1, 0.15) is 19.8 Å². The first-order chi connectivity index (χ1) is 10.2. The van der Waals surface area contributed by atoms with Crippen molar-refractivity contribution in [3.8, 4) is 0 Å². The molecule has 5 nitrogen and oxygen atoms in total. The zero-order valence-electron chi connectivity index (χ0n) is 12.3. The lowest BCUT2D eigenvalue weighted by Crippen LogP contribution is -2.37. The Hall–Kier alpha value is -1.46. The van der Waals surface area contributed by atoms with Gasteiger partial charge in [0.25, 0.3) is 0 Å². The summed E-state index contributed by atoms with van der Waals surface area (Å²) in [5.41, 5.74) is 1.71. The Kier molecular flexibility index (Phi) is 6.14. The molecule has 2 amide bonds. The maximum atomic E-state index is 11.9.